The maximum atomic E-state index is 12.6. The van der Waals surface area contributed by atoms with E-state index >= 15 is 0 Å². The van der Waals surface area contributed by atoms with Crippen LogP contribution in [0.25, 0.3) is 0 Å². The van der Waals surface area contributed by atoms with E-state index in [1.807, 2.05) is 12.1 Å². The Morgan fingerprint density at radius 2 is 2.00 bits per heavy atom. The van der Waals surface area contributed by atoms with Gasteiger partial charge in [-0.15, -0.1) is 0 Å². The van der Waals surface area contributed by atoms with Gasteiger partial charge in [0.1, 0.15) is 6.04 Å². The molecule has 0 saturated carbocycles. The summed E-state index contributed by atoms with van der Waals surface area (Å²) in [5.41, 5.74) is 0.610. The number of carbonyl (C=O) groups is 2. The Morgan fingerprint density at radius 3 is 2.71 bits per heavy atom. The highest BCUT2D eigenvalue weighted by atomic mass is 79.9. The van der Waals surface area contributed by atoms with Crippen LogP contribution in [-0.4, -0.2) is 62.7 Å². The molecule has 1 fully saturated rings. The SMILES string of the molecule is COCCNCCNC(=O)C1CCCN1C(=O)c1ccc(Br)cc1. The third kappa shape index (κ3) is 5.29. The monoisotopic (exact) mass is 397 g/mol. The smallest absolute Gasteiger partial charge is 0.254 e. The minimum Gasteiger partial charge on any atom is -0.383 e. The summed E-state index contributed by atoms with van der Waals surface area (Å²) in [7, 11) is 1.65. The van der Waals surface area contributed by atoms with Gasteiger partial charge in [0, 0.05) is 43.3 Å². The summed E-state index contributed by atoms with van der Waals surface area (Å²) in [6, 6.07) is 6.85. The standard InChI is InChI=1S/C17H24BrN3O3/c1-24-12-10-19-8-9-20-16(22)15-3-2-11-21(15)17(23)13-4-6-14(18)7-5-13/h4-7,15,19H,2-3,8-12H2,1H3,(H,20,22). The second-order valence-corrected chi connectivity index (χ2v) is 6.61. The quantitative estimate of drug-likeness (QED) is 0.650. The first-order valence-electron chi connectivity index (χ1n) is 8.17. The zero-order valence-electron chi connectivity index (χ0n) is 13.9. The van der Waals surface area contributed by atoms with Crippen LogP contribution in [0.4, 0.5) is 0 Å². The van der Waals surface area contributed by atoms with Crippen molar-refractivity contribution in [1.29, 1.82) is 0 Å². The Morgan fingerprint density at radius 1 is 1.25 bits per heavy atom. The molecular weight excluding hydrogens is 374 g/mol. The third-order valence-corrected chi connectivity index (χ3v) is 4.52. The van der Waals surface area contributed by atoms with Crippen LogP contribution in [-0.2, 0) is 9.53 Å². The molecular formula is C17H24BrN3O3. The summed E-state index contributed by atoms with van der Waals surface area (Å²) in [5, 5.41) is 6.08. The van der Waals surface area contributed by atoms with Gasteiger partial charge in [-0.25, -0.2) is 0 Å². The van der Waals surface area contributed by atoms with Gasteiger partial charge in [0.25, 0.3) is 5.91 Å². The van der Waals surface area contributed by atoms with Crippen LogP contribution in [0.5, 0.6) is 0 Å². The Labute approximate surface area is 151 Å². The minimum atomic E-state index is -0.375. The van der Waals surface area contributed by atoms with E-state index in [4.69, 9.17) is 4.74 Å². The van der Waals surface area contributed by atoms with Crippen LogP contribution >= 0.6 is 15.9 Å². The fourth-order valence-corrected chi connectivity index (χ4v) is 3.00. The van der Waals surface area contributed by atoms with E-state index in [1.54, 1.807) is 24.1 Å². The number of amides is 2. The summed E-state index contributed by atoms with van der Waals surface area (Å²) in [4.78, 5) is 26.7. The normalized spacial score (nSPS) is 17.1. The molecule has 2 amide bonds. The van der Waals surface area contributed by atoms with Crippen molar-refractivity contribution >= 4 is 27.7 Å². The van der Waals surface area contributed by atoms with Crippen LogP contribution in [0.2, 0.25) is 0 Å². The van der Waals surface area contributed by atoms with E-state index in [-0.39, 0.29) is 17.9 Å². The molecule has 24 heavy (non-hydrogen) atoms. The predicted molar refractivity (Wildman–Crippen MR) is 96.0 cm³/mol. The molecule has 7 heteroatoms. The number of methoxy groups -OCH3 is 1. The number of rotatable bonds is 8. The van der Waals surface area contributed by atoms with Gasteiger partial charge in [0.15, 0.2) is 0 Å². The predicted octanol–water partition coefficient (Wildman–Crippen LogP) is 1.41. The molecule has 1 aliphatic heterocycles. The van der Waals surface area contributed by atoms with Crippen molar-refractivity contribution in [3.05, 3.63) is 34.3 Å². The Balaban J connectivity index is 1.84. The topological polar surface area (TPSA) is 70.7 Å². The average Bonchev–Trinajstić information content (AvgIpc) is 3.07. The summed E-state index contributed by atoms with van der Waals surface area (Å²) in [5.74, 6) is -0.162. The number of benzene rings is 1. The molecule has 0 spiro atoms. The second kappa shape index (κ2) is 9.76. The van der Waals surface area contributed by atoms with Crippen molar-refractivity contribution in [2.75, 3.05) is 39.9 Å². The molecule has 0 aliphatic carbocycles. The summed E-state index contributed by atoms with van der Waals surface area (Å²) in [6.45, 7) is 3.25. The van der Waals surface area contributed by atoms with E-state index in [0.29, 0.717) is 38.2 Å². The van der Waals surface area contributed by atoms with Gasteiger partial charge >= 0.3 is 0 Å². The van der Waals surface area contributed by atoms with Gasteiger partial charge in [-0.05, 0) is 37.1 Å². The Hall–Kier alpha value is -1.44. The maximum Gasteiger partial charge on any atom is 0.254 e. The van der Waals surface area contributed by atoms with Crippen molar-refractivity contribution in [1.82, 2.24) is 15.5 Å². The van der Waals surface area contributed by atoms with Crippen molar-refractivity contribution in [3.63, 3.8) is 0 Å². The fourth-order valence-electron chi connectivity index (χ4n) is 2.73. The fraction of sp³-hybridized carbons (Fsp3) is 0.529. The Kier molecular flexibility index (Phi) is 7.68. The summed E-state index contributed by atoms with van der Waals surface area (Å²) >= 11 is 3.36. The molecule has 2 rings (SSSR count). The lowest BCUT2D eigenvalue weighted by atomic mass is 10.1. The molecule has 1 aliphatic rings. The summed E-state index contributed by atoms with van der Waals surface area (Å²) in [6.07, 6.45) is 1.57. The molecule has 1 atom stereocenters. The van der Waals surface area contributed by atoms with Crippen LogP contribution in [0, 0.1) is 0 Å². The second-order valence-electron chi connectivity index (χ2n) is 5.70. The van der Waals surface area contributed by atoms with Crippen molar-refractivity contribution in [2.45, 2.75) is 18.9 Å². The van der Waals surface area contributed by atoms with Gasteiger partial charge in [-0.1, -0.05) is 15.9 Å². The molecule has 1 heterocycles. The van der Waals surface area contributed by atoms with Gasteiger partial charge in [0.2, 0.25) is 5.91 Å². The lowest BCUT2D eigenvalue weighted by Gasteiger charge is -2.24. The summed E-state index contributed by atoms with van der Waals surface area (Å²) < 4.78 is 5.87. The Bertz CT molecular complexity index is 551. The van der Waals surface area contributed by atoms with Gasteiger partial charge in [-0.2, -0.15) is 0 Å². The van der Waals surface area contributed by atoms with E-state index in [9.17, 15) is 9.59 Å². The lowest BCUT2D eigenvalue weighted by Crippen LogP contribution is -2.47. The largest absolute Gasteiger partial charge is 0.383 e. The highest BCUT2D eigenvalue weighted by molar-refractivity contribution is 9.10. The zero-order valence-corrected chi connectivity index (χ0v) is 15.5. The van der Waals surface area contributed by atoms with E-state index in [1.165, 1.54) is 0 Å². The van der Waals surface area contributed by atoms with Crippen LogP contribution in [0.1, 0.15) is 23.2 Å². The molecule has 2 N–H and O–H groups in total. The number of nitrogens with zero attached hydrogens (tertiary/aromatic N) is 1. The van der Waals surface area contributed by atoms with Gasteiger partial charge < -0.3 is 20.3 Å². The van der Waals surface area contributed by atoms with E-state index < -0.39 is 0 Å². The average molecular weight is 398 g/mol. The number of nitrogens with one attached hydrogen (secondary N) is 2. The number of hydrogen-bond acceptors (Lipinski definition) is 4. The number of halogens is 1. The molecule has 1 unspecified atom stereocenters. The first-order valence-corrected chi connectivity index (χ1v) is 8.96. The van der Waals surface area contributed by atoms with E-state index in [0.717, 1.165) is 17.4 Å². The zero-order chi connectivity index (χ0) is 17.4. The maximum absolute atomic E-state index is 12.6. The van der Waals surface area contributed by atoms with Gasteiger partial charge in [0.05, 0.1) is 6.61 Å². The molecule has 0 radical (unpaired) electrons. The third-order valence-electron chi connectivity index (χ3n) is 3.99. The molecule has 1 aromatic carbocycles. The van der Waals surface area contributed by atoms with Crippen LogP contribution in [0.15, 0.2) is 28.7 Å². The first kappa shape index (κ1) is 18.9. The van der Waals surface area contributed by atoms with Crippen LogP contribution in [0.3, 0.4) is 0 Å². The van der Waals surface area contributed by atoms with Crippen molar-refractivity contribution in [2.24, 2.45) is 0 Å². The first-order chi connectivity index (χ1) is 11.6. The van der Waals surface area contributed by atoms with Crippen molar-refractivity contribution < 1.29 is 14.3 Å². The van der Waals surface area contributed by atoms with Gasteiger partial charge in [-0.3, -0.25) is 9.59 Å². The number of ether oxygens (including phenoxy) is 1. The number of likely N-dealkylation sites (tertiary alicyclic amines) is 1. The number of hydrogen-bond donors (Lipinski definition) is 2. The number of carbonyl (C=O) groups excluding carboxylic acids is 2. The molecule has 1 saturated heterocycles. The lowest BCUT2D eigenvalue weighted by molar-refractivity contribution is -0.124. The van der Waals surface area contributed by atoms with Crippen LogP contribution < -0.4 is 10.6 Å². The minimum absolute atomic E-state index is 0.0773. The molecule has 0 aromatic heterocycles. The molecule has 1 aromatic rings. The molecule has 132 valence electrons. The molecule has 0 bridgehead atoms. The molecule has 6 nitrogen and oxygen atoms in total. The highest BCUT2D eigenvalue weighted by Gasteiger charge is 2.34. The van der Waals surface area contributed by atoms with E-state index in [2.05, 4.69) is 26.6 Å². The highest BCUT2D eigenvalue weighted by Crippen LogP contribution is 2.21. The van der Waals surface area contributed by atoms with Crippen molar-refractivity contribution in [3.8, 4) is 0 Å².